The zero-order valence-electron chi connectivity index (χ0n) is 9.07. The maximum Gasteiger partial charge on any atom is 0.200 e. The van der Waals surface area contributed by atoms with Crippen LogP contribution in [0.5, 0.6) is 5.75 Å². The van der Waals surface area contributed by atoms with Crippen LogP contribution in [0.1, 0.15) is 5.56 Å². The fraction of sp³-hybridized carbons (Fsp3) is 0.455. The van der Waals surface area contributed by atoms with Gasteiger partial charge >= 0.3 is 0 Å². The predicted octanol–water partition coefficient (Wildman–Crippen LogP) is 4.55. The van der Waals surface area contributed by atoms with Gasteiger partial charge in [0, 0.05) is 8.95 Å². The lowest BCUT2D eigenvalue weighted by Crippen LogP contribution is -2.35. The molecule has 0 aliphatic rings. The summed E-state index contributed by atoms with van der Waals surface area (Å²) in [6.07, 6.45) is 0. The Morgan fingerprint density at radius 2 is 1.65 bits per heavy atom. The Balaban J connectivity index is 2.76. The molecule has 0 amide bonds. The van der Waals surface area contributed by atoms with Gasteiger partial charge in [-0.1, -0.05) is 31.9 Å². The van der Waals surface area contributed by atoms with E-state index in [0.29, 0.717) is 5.75 Å². The van der Waals surface area contributed by atoms with Gasteiger partial charge in [0.05, 0.1) is 0 Å². The van der Waals surface area contributed by atoms with Gasteiger partial charge in [-0.25, -0.2) is 13.2 Å². The zero-order chi connectivity index (χ0) is 13.1. The first-order valence-corrected chi connectivity index (χ1v) is 6.40. The molecule has 0 N–H and O–H groups in total. The molecule has 0 spiro atoms. The molecule has 0 unspecified atom stereocenters. The van der Waals surface area contributed by atoms with Crippen LogP contribution >= 0.6 is 31.9 Å². The molecule has 17 heavy (non-hydrogen) atoms. The smallest absolute Gasteiger partial charge is 0.200 e. The minimum Gasteiger partial charge on any atom is -0.490 e. The minimum atomic E-state index is -2.57. The van der Waals surface area contributed by atoms with Crippen molar-refractivity contribution in [3.05, 3.63) is 26.6 Å². The highest BCUT2D eigenvalue weighted by atomic mass is 79.9. The summed E-state index contributed by atoms with van der Waals surface area (Å²) in [5.74, 6) is 0.346. The van der Waals surface area contributed by atoms with Crippen molar-refractivity contribution in [1.82, 2.24) is 0 Å². The van der Waals surface area contributed by atoms with Gasteiger partial charge in [-0.2, -0.15) is 0 Å². The van der Waals surface area contributed by atoms with Gasteiger partial charge in [0.2, 0.25) is 5.67 Å². The third kappa shape index (κ3) is 3.88. The van der Waals surface area contributed by atoms with Crippen molar-refractivity contribution in [3.63, 3.8) is 0 Å². The topological polar surface area (TPSA) is 9.23 Å². The molecule has 1 nitrogen and oxygen atoms in total. The SMILES string of the molecule is Cc1c(Br)cc(OCC(F)(CF)CF)cc1Br. The van der Waals surface area contributed by atoms with Crippen molar-refractivity contribution in [2.24, 2.45) is 0 Å². The molecule has 96 valence electrons. The standard InChI is InChI=1S/C11H11Br2F3O/c1-7-9(12)2-8(3-10(7)13)17-6-11(16,4-14)5-15/h2-3H,4-6H2,1H3. The molecule has 1 aromatic carbocycles. The largest absolute Gasteiger partial charge is 0.490 e. The minimum absolute atomic E-state index is 0.346. The summed E-state index contributed by atoms with van der Waals surface area (Å²) in [6.45, 7) is -1.59. The molecule has 0 aliphatic heterocycles. The summed E-state index contributed by atoms with van der Waals surface area (Å²) < 4.78 is 44.4. The van der Waals surface area contributed by atoms with Crippen molar-refractivity contribution in [1.29, 1.82) is 0 Å². The van der Waals surface area contributed by atoms with Gasteiger partial charge in [-0.15, -0.1) is 0 Å². The highest BCUT2D eigenvalue weighted by molar-refractivity contribution is 9.11. The Morgan fingerprint density at radius 3 is 2.06 bits per heavy atom. The number of rotatable bonds is 5. The molecule has 0 saturated heterocycles. The first-order chi connectivity index (χ1) is 7.91. The Morgan fingerprint density at radius 1 is 1.18 bits per heavy atom. The summed E-state index contributed by atoms with van der Waals surface area (Å²) >= 11 is 6.60. The number of alkyl halides is 3. The Bertz CT molecular complexity index is 371. The van der Waals surface area contributed by atoms with Crippen LogP contribution in [0.15, 0.2) is 21.1 Å². The van der Waals surface area contributed by atoms with E-state index in [1.165, 1.54) is 0 Å². The van der Waals surface area contributed by atoms with E-state index in [2.05, 4.69) is 31.9 Å². The van der Waals surface area contributed by atoms with Crippen LogP contribution in [0.2, 0.25) is 0 Å². The van der Waals surface area contributed by atoms with Crippen LogP contribution in [0.25, 0.3) is 0 Å². The van der Waals surface area contributed by atoms with E-state index in [9.17, 15) is 13.2 Å². The fourth-order valence-corrected chi connectivity index (χ4v) is 2.18. The van der Waals surface area contributed by atoms with Gasteiger partial charge < -0.3 is 4.74 Å². The van der Waals surface area contributed by atoms with Gasteiger partial charge in [-0.05, 0) is 24.6 Å². The lowest BCUT2D eigenvalue weighted by Gasteiger charge is -2.19. The highest BCUT2D eigenvalue weighted by Crippen LogP contribution is 2.30. The van der Waals surface area contributed by atoms with E-state index in [4.69, 9.17) is 4.74 Å². The number of hydrogen-bond donors (Lipinski definition) is 0. The van der Waals surface area contributed by atoms with Crippen molar-refractivity contribution in [3.8, 4) is 5.75 Å². The van der Waals surface area contributed by atoms with Gasteiger partial charge in [0.15, 0.2) is 0 Å². The molecule has 0 aromatic heterocycles. The molecule has 6 heteroatoms. The maximum atomic E-state index is 13.3. The van der Waals surface area contributed by atoms with Crippen LogP contribution in [0.4, 0.5) is 13.2 Å². The van der Waals surface area contributed by atoms with Gasteiger partial charge in [0.1, 0.15) is 25.7 Å². The number of hydrogen-bond acceptors (Lipinski definition) is 1. The summed E-state index contributed by atoms with van der Waals surface area (Å²) in [5.41, 5.74) is -1.61. The monoisotopic (exact) mass is 374 g/mol. The van der Waals surface area contributed by atoms with E-state index in [1.807, 2.05) is 6.92 Å². The second kappa shape index (κ2) is 6.09. The van der Waals surface area contributed by atoms with Gasteiger partial charge in [-0.3, -0.25) is 0 Å². The van der Waals surface area contributed by atoms with Crippen molar-refractivity contribution < 1.29 is 17.9 Å². The molecule has 0 fully saturated rings. The lowest BCUT2D eigenvalue weighted by atomic mass is 10.1. The predicted molar refractivity (Wildman–Crippen MR) is 67.9 cm³/mol. The molecule has 0 heterocycles. The first-order valence-electron chi connectivity index (χ1n) is 4.81. The molecule has 0 aliphatic carbocycles. The van der Waals surface area contributed by atoms with Crippen LogP contribution in [0, 0.1) is 6.92 Å². The molecule has 0 saturated carbocycles. The molecule has 0 bridgehead atoms. The normalized spacial score (nSPS) is 11.6. The van der Waals surface area contributed by atoms with E-state index >= 15 is 0 Å². The van der Waals surface area contributed by atoms with Crippen molar-refractivity contribution in [2.45, 2.75) is 12.6 Å². The van der Waals surface area contributed by atoms with E-state index in [1.54, 1.807) is 12.1 Å². The van der Waals surface area contributed by atoms with Crippen LogP contribution in [-0.4, -0.2) is 25.6 Å². The van der Waals surface area contributed by atoms with Crippen molar-refractivity contribution in [2.75, 3.05) is 20.0 Å². The van der Waals surface area contributed by atoms with Gasteiger partial charge in [0.25, 0.3) is 0 Å². The number of benzene rings is 1. The highest BCUT2D eigenvalue weighted by Gasteiger charge is 2.31. The lowest BCUT2D eigenvalue weighted by molar-refractivity contribution is 0.0350. The molecule has 0 radical (unpaired) electrons. The third-order valence-electron chi connectivity index (χ3n) is 2.23. The fourth-order valence-electron chi connectivity index (χ4n) is 1.03. The summed E-state index contributed by atoms with van der Waals surface area (Å²) in [6, 6.07) is 3.24. The summed E-state index contributed by atoms with van der Waals surface area (Å²) in [4.78, 5) is 0. The number of halogens is 5. The zero-order valence-corrected chi connectivity index (χ0v) is 12.2. The first kappa shape index (κ1) is 14.8. The molecular weight excluding hydrogens is 365 g/mol. The molecular formula is C11H11Br2F3O. The maximum absolute atomic E-state index is 13.3. The van der Waals surface area contributed by atoms with E-state index in [0.717, 1.165) is 14.5 Å². The second-order valence-electron chi connectivity index (χ2n) is 3.72. The van der Waals surface area contributed by atoms with Crippen LogP contribution < -0.4 is 4.74 Å². The van der Waals surface area contributed by atoms with E-state index in [-0.39, 0.29) is 0 Å². The van der Waals surface area contributed by atoms with E-state index < -0.39 is 25.6 Å². The average Bonchev–Trinajstić information content (AvgIpc) is 2.32. The summed E-state index contributed by atoms with van der Waals surface area (Å²) in [5, 5.41) is 0. The van der Waals surface area contributed by atoms with Crippen molar-refractivity contribution >= 4 is 31.9 Å². The summed E-state index contributed by atoms with van der Waals surface area (Å²) in [7, 11) is 0. The quantitative estimate of drug-likeness (QED) is 0.733. The molecule has 1 aromatic rings. The molecule has 1 rings (SSSR count). The average molecular weight is 376 g/mol. The second-order valence-corrected chi connectivity index (χ2v) is 5.43. The number of ether oxygens (including phenoxy) is 1. The Hall–Kier alpha value is -0.230. The van der Waals surface area contributed by atoms with Crippen LogP contribution in [0.3, 0.4) is 0 Å². The third-order valence-corrected chi connectivity index (χ3v) is 3.88. The molecule has 0 atom stereocenters. The Kier molecular flexibility index (Phi) is 5.31. The van der Waals surface area contributed by atoms with Crippen LogP contribution in [-0.2, 0) is 0 Å². The Labute approximate surface area is 115 Å².